The van der Waals surface area contributed by atoms with E-state index in [0.29, 0.717) is 5.56 Å². The smallest absolute Gasteiger partial charge is 0.254 e. The van der Waals surface area contributed by atoms with Gasteiger partial charge in [0, 0.05) is 13.2 Å². The maximum Gasteiger partial charge on any atom is 0.254 e. The van der Waals surface area contributed by atoms with Crippen LogP contribution in [-0.4, -0.2) is 15.7 Å². The molecule has 0 aliphatic rings. The molecule has 1 unspecified atom stereocenters. The van der Waals surface area contributed by atoms with E-state index in [-0.39, 0.29) is 17.8 Å². The molecule has 1 atom stereocenters. The SMILES string of the molecule is CC(NC(=O)c1cnn(C)c1)c1ccc(F)cc1. The molecular weight excluding hydrogens is 233 g/mol. The van der Waals surface area contributed by atoms with Crippen LogP contribution in [0.1, 0.15) is 28.9 Å². The molecule has 0 bridgehead atoms. The summed E-state index contributed by atoms with van der Waals surface area (Å²) in [5.41, 5.74) is 1.36. The molecule has 0 fully saturated rings. The summed E-state index contributed by atoms with van der Waals surface area (Å²) in [6, 6.07) is 5.88. The minimum Gasteiger partial charge on any atom is -0.345 e. The zero-order chi connectivity index (χ0) is 13.1. The first-order valence-corrected chi connectivity index (χ1v) is 5.61. The molecule has 0 aliphatic heterocycles. The lowest BCUT2D eigenvalue weighted by molar-refractivity contribution is 0.0940. The van der Waals surface area contributed by atoms with Gasteiger partial charge in [-0.1, -0.05) is 12.1 Å². The Bertz CT molecular complexity index is 548. The summed E-state index contributed by atoms with van der Waals surface area (Å²) in [5.74, 6) is -0.482. The molecule has 2 rings (SSSR count). The third-order valence-corrected chi connectivity index (χ3v) is 2.68. The summed E-state index contributed by atoms with van der Waals surface area (Å²) < 4.78 is 14.3. The molecule has 1 aromatic heterocycles. The third kappa shape index (κ3) is 2.74. The lowest BCUT2D eigenvalue weighted by Gasteiger charge is -2.13. The number of carbonyl (C=O) groups excluding carboxylic acids is 1. The molecule has 1 amide bonds. The van der Waals surface area contributed by atoms with Gasteiger partial charge in [0.15, 0.2) is 0 Å². The van der Waals surface area contributed by atoms with Crippen LogP contribution in [0.3, 0.4) is 0 Å². The van der Waals surface area contributed by atoms with E-state index in [2.05, 4.69) is 10.4 Å². The minimum absolute atomic E-state index is 0.182. The maximum absolute atomic E-state index is 12.8. The number of amides is 1. The normalized spacial score (nSPS) is 12.2. The largest absolute Gasteiger partial charge is 0.345 e. The molecule has 4 nitrogen and oxygen atoms in total. The average Bonchev–Trinajstić information content (AvgIpc) is 2.76. The van der Waals surface area contributed by atoms with Gasteiger partial charge in [0.25, 0.3) is 5.91 Å². The second-order valence-electron chi connectivity index (χ2n) is 4.15. The zero-order valence-electron chi connectivity index (χ0n) is 10.2. The Morgan fingerprint density at radius 1 is 1.39 bits per heavy atom. The van der Waals surface area contributed by atoms with Crippen LogP contribution < -0.4 is 5.32 Å². The quantitative estimate of drug-likeness (QED) is 0.902. The standard InChI is InChI=1S/C13H14FN3O/c1-9(10-3-5-12(14)6-4-10)16-13(18)11-7-15-17(2)8-11/h3-9H,1-2H3,(H,16,18). The molecule has 1 heterocycles. The van der Waals surface area contributed by atoms with E-state index in [4.69, 9.17) is 0 Å². The number of aromatic nitrogens is 2. The summed E-state index contributed by atoms with van der Waals surface area (Å²) in [6.07, 6.45) is 3.15. The van der Waals surface area contributed by atoms with Gasteiger partial charge in [0.05, 0.1) is 17.8 Å². The van der Waals surface area contributed by atoms with Gasteiger partial charge in [-0.3, -0.25) is 9.48 Å². The number of carbonyl (C=O) groups is 1. The van der Waals surface area contributed by atoms with E-state index in [9.17, 15) is 9.18 Å². The van der Waals surface area contributed by atoms with Crippen LogP contribution in [0.2, 0.25) is 0 Å². The number of nitrogens with zero attached hydrogens (tertiary/aromatic N) is 2. The van der Waals surface area contributed by atoms with Gasteiger partial charge in [-0.15, -0.1) is 0 Å². The lowest BCUT2D eigenvalue weighted by Crippen LogP contribution is -2.26. The molecule has 1 N–H and O–H groups in total. The molecule has 0 aliphatic carbocycles. The maximum atomic E-state index is 12.8. The Kier molecular flexibility index (Phi) is 3.41. The lowest BCUT2D eigenvalue weighted by atomic mass is 10.1. The first-order chi connectivity index (χ1) is 8.56. The fourth-order valence-electron chi connectivity index (χ4n) is 1.65. The summed E-state index contributed by atoms with van der Waals surface area (Å²) in [5, 5.41) is 6.77. The van der Waals surface area contributed by atoms with Crippen LogP contribution in [0.5, 0.6) is 0 Å². The first kappa shape index (κ1) is 12.3. The molecule has 1 aromatic carbocycles. The molecule has 0 saturated carbocycles. The highest BCUT2D eigenvalue weighted by Gasteiger charge is 2.12. The van der Waals surface area contributed by atoms with Crippen LogP contribution in [0.4, 0.5) is 4.39 Å². The van der Waals surface area contributed by atoms with E-state index in [1.807, 2.05) is 6.92 Å². The average molecular weight is 247 g/mol. The van der Waals surface area contributed by atoms with Crippen molar-refractivity contribution in [1.82, 2.24) is 15.1 Å². The van der Waals surface area contributed by atoms with Crippen molar-refractivity contribution >= 4 is 5.91 Å². The fraction of sp³-hybridized carbons (Fsp3) is 0.231. The van der Waals surface area contributed by atoms with E-state index >= 15 is 0 Å². The van der Waals surface area contributed by atoms with Gasteiger partial charge in [-0.05, 0) is 24.6 Å². The van der Waals surface area contributed by atoms with Crippen LogP contribution in [0.15, 0.2) is 36.7 Å². The topological polar surface area (TPSA) is 46.9 Å². The monoisotopic (exact) mass is 247 g/mol. The molecule has 94 valence electrons. The summed E-state index contributed by atoms with van der Waals surface area (Å²) in [6.45, 7) is 1.85. The molecule has 2 aromatic rings. The molecule has 0 spiro atoms. The van der Waals surface area contributed by atoms with Gasteiger partial charge in [-0.2, -0.15) is 5.10 Å². The van der Waals surface area contributed by atoms with Crippen molar-refractivity contribution < 1.29 is 9.18 Å². The second-order valence-corrected chi connectivity index (χ2v) is 4.15. The van der Waals surface area contributed by atoms with Gasteiger partial charge in [0.2, 0.25) is 0 Å². The van der Waals surface area contributed by atoms with Crippen molar-refractivity contribution in [2.45, 2.75) is 13.0 Å². The second kappa shape index (κ2) is 5.00. The summed E-state index contributed by atoms with van der Waals surface area (Å²) >= 11 is 0. The zero-order valence-corrected chi connectivity index (χ0v) is 10.2. The van der Waals surface area contributed by atoms with E-state index < -0.39 is 0 Å². The van der Waals surface area contributed by atoms with Crippen LogP contribution in [0, 0.1) is 5.82 Å². The fourth-order valence-corrected chi connectivity index (χ4v) is 1.65. The van der Waals surface area contributed by atoms with Crippen LogP contribution in [0.25, 0.3) is 0 Å². The number of nitrogens with one attached hydrogen (secondary N) is 1. The number of rotatable bonds is 3. The third-order valence-electron chi connectivity index (χ3n) is 2.68. The number of aryl methyl sites for hydroxylation is 1. The van der Waals surface area contributed by atoms with Crippen molar-refractivity contribution in [2.75, 3.05) is 0 Å². The number of hydrogen-bond acceptors (Lipinski definition) is 2. The molecular formula is C13H14FN3O. The Hall–Kier alpha value is -2.17. The number of benzene rings is 1. The predicted octanol–water partition coefficient (Wildman–Crippen LogP) is 2.05. The van der Waals surface area contributed by atoms with E-state index in [0.717, 1.165) is 5.56 Å². The molecule has 0 radical (unpaired) electrons. The van der Waals surface area contributed by atoms with Crippen molar-refractivity contribution in [3.63, 3.8) is 0 Å². The highest BCUT2D eigenvalue weighted by molar-refractivity contribution is 5.93. The van der Waals surface area contributed by atoms with Crippen molar-refractivity contribution in [2.24, 2.45) is 7.05 Å². The summed E-state index contributed by atoms with van der Waals surface area (Å²) in [4.78, 5) is 11.9. The highest BCUT2D eigenvalue weighted by atomic mass is 19.1. The van der Waals surface area contributed by atoms with Gasteiger partial charge >= 0.3 is 0 Å². The molecule has 0 saturated heterocycles. The Balaban J connectivity index is 2.05. The molecule has 18 heavy (non-hydrogen) atoms. The number of hydrogen-bond donors (Lipinski definition) is 1. The van der Waals surface area contributed by atoms with Crippen molar-refractivity contribution in [3.8, 4) is 0 Å². The van der Waals surface area contributed by atoms with Crippen molar-refractivity contribution in [1.29, 1.82) is 0 Å². The van der Waals surface area contributed by atoms with Gasteiger partial charge in [-0.25, -0.2) is 4.39 Å². The van der Waals surface area contributed by atoms with Crippen molar-refractivity contribution in [3.05, 3.63) is 53.6 Å². The highest BCUT2D eigenvalue weighted by Crippen LogP contribution is 2.13. The van der Waals surface area contributed by atoms with Crippen LogP contribution >= 0.6 is 0 Å². The Morgan fingerprint density at radius 3 is 2.61 bits per heavy atom. The molecule has 5 heteroatoms. The van der Waals surface area contributed by atoms with Gasteiger partial charge in [0.1, 0.15) is 5.82 Å². The first-order valence-electron chi connectivity index (χ1n) is 5.61. The van der Waals surface area contributed by atoms with Gasteiger partial charge < -0.3 is 5.32 Å². The minimum atomic E-state index is -0.287. The Morgan fingerprint density at radius 2 is 2.06 bits per heavy atom. The van der Waals surface area contributed by atoms with E-state index in [1.165, 1.54) is 18.3 Å². The van der Waals surface area contributed by atoms with E-state index in [1.54, 1.807) is 30.1 Å². The summed E-state index contributed by atoms with van der Waals surface area (Å²) in [7, 11) is 1.75. The Labute approximate surface area is 104 Å². The predicted molar refractivity (Wildman–Crippen MR) is 65.5 cm³/mol. The number of halogens is 1. The van der Waals surface area contributed by atoms with Crippen LogP contribution in [-0.2, 0) is 7.05 Å².